The van der Waals surface area contributed by atoms with Crippen molar-refractivity contribution in [1.29, 1.82) is 0 Å². The van der Waals surface area contributed by atoms with Crippen molar-refractivity contribution in [3.8, 4) is 0 Å². The fourth-order valence-corrected chi connectivity index (χ4v) is 4.39. The van der Waals surface area contributed by atoms with E-state index >= 15 is 0 Å². The van der Waals surface area contributed by atoms with Gasteiger partial charge in [0.05, 0.1) is 12.4 Å². The number of rotatable bonds is 7. The first kappa shape index (κ1) is 19.1. The van der Waals surface area contributed by atoms with Gasteiger partial charge in [-0.1, -0.05) is 60.7 Å². The minimum atomic E-state index is -3.37. The molecule has 26 heavy (non-hydrogen) atoms. The summed E-state index contributed by atoms with van der Waals surface area (Å²) in [5.41, 5.74) is 2.61. The summed E-state index contributed by atoms with van der Waals surface area (Å²) in [5, 5.41) is 0. The van der Waals surface area contributed by atoms with Crippen molar-refractivity contribution in [2.45, 2.75) is 50.9 Å². The Morgan fingerprint density at radius 3 is 1.73 bits per heavy atom. The molecule has 5 heteroatoms. The molecule has 0 amide bonds. The van der Waals surface area contributed by atoms with Crippen LogP contribution in [0.15, 0.2) is 60.7 Å². The summed E-state index contributed by atoms with van der Waals surface area (Å²) >= 11 is 0. The molecule has 140 valence electrons. The third-order valence-electron chi connectivity index (χ3n) is 4.93. The van der Waals surface area contributed by atoms with Crippen LogP contribution in [-0.4, -0.2) is 31.7 Å². The fraction of sp³-hybridized carbons (Fsp3) is 0.429. The van der Waals surface area contributed by atoms with Gasteiger partial charge in [-0.05, 0) is 36.8 Å². The number of hydrogen-bond acceptors (Lipinski definition) is 4. The van der Waals surface area contributed by atoms with Gasteiger partial charge in [-0.3, -0.25) is 9.08 Å². The van der Waals surface area contributed by atoms with E-state index in [0.717, 1.165) is 45.0 Å². The van der Waals surface area contributed by atoms with Crippen molar-refractivity contribution in [3.05, 3.63) is 71.8 Å². The van der Waals surface area contributed by atoms with E-state index in [9.17, 15) is 8.42 Å². The van der Waals surface area contributed by atoms with Crippen molar-refractivity contribution in [1.82, 2.24) is 4.90 Å². The summed E-state index contributed by atoms with van der Waals surface area (Å²) in [6.07, 6.45) is 4.46. The molecule has 0 spiro atoms. The Labute approximate surface area is 156 Å². The van der Waals surface area contributed by atoms with Crippen LogP contribution in [0.5, 0.6) is 0 Å². The molecule has 0 heterocycles. The maximum Gasteiger partial charge on any atom is 0.264 e. The largest absolute Gasteiger partial charge is 0.292 e. The van der Waals surface area contributed by atoms with Crippen LogP contribution in [0.4, 0.5) is 0 Å². The van der Waals surface area contributed by atoms with E-state index in [2.05, 4.69) is 53.4 Å². The van der Waals surface area contributed by atoms with Crippen LogP contribution in [0.25, 0.3) is 0 Å². The maximum absolute atomic E-state index is 11.4. The lowest BCUT2D eigenvalue weighted by molar-refractivity contribution is 0.0832. The average Bonchev–Trinajstić information content (AvgIpc) is 2.62. The third kappa shape index (κ3) is 5.94. The van der Waals surface area contributed by atoms with E-state index in [1.807, 2.05) is 12.1 Å². The molecule has 0 aliphatic heterocycles. The zero-order chi connectivity index (χ0) is 18.4. The Hall–Kier alpha value is -1.69. The minimum Gasteiger partial charge on any atom is -0.292 e. The lowest BCUT2D eigenvalue weighted by Gasteiger charge is -2.36. The molecule has 3 rings (SSSR count). The van der Waals surface area contributed by atoms with Crippen LogP contribution in [0.3, 0.4) is 0 Å². The number of nitrogens with zero attached hydrogens (tertiary/aromatic N) is 1. The van der Waals surface area contributed by atoms with Gasteiger partial charge in [0, 0.05) is 19.1 Å². The van der Waals surface area contributed by atoms with Gasteiger partial charge in [-0.25, -0.2) is 0 Å². The lowest BCUT2D eigenvalue weighted by Crippen LogP contribution is -2.39. The van der Waals surface area contributed by atoms with Crippen LogP contribution >= 0.6 is 0 Å². The predicted molar refractivity (Wildman–Crippen MR) is 104 cm³/mol. The summed E-state index contributed by atoms with van der Waals surface area (Å²) in [4.78, 5) is 2.52. The monoisotopic (exact) mass is 373 g/mol. The predicted octanol–water partition coefficient (Wildman–Crippen LogP) is 3.98. The molecule has 2 aromatic carbocycles. The molecule has 1 aliphatic carbocycles. The molecule has 1 saturated carbocycles. The molecule has 1 fully saturated rings. The van der Waals surface area contributed by atoms with Crippen molar-refractivity contribution < 1.29 is 12.6 Å². The van der Waals surface area contributed by atoms with E-state index in [0.29, 0.717) is 6.04 Å². The Kier molecular flexibility index (Phi) is 6.46. The second-order valence-electron chi connectivity index (χ2n) is 7.11. The summed E-state index contributed by atoms with van der Waals surface area (Å²) in [7, 11) is -3.37. The molecule has 0 atom stereocenters. The fourth-order valence-electron chi connectivity index (χ4n) is 3.70. The highest BCUT2D eigenvalue weighted by Crippen LogP contribution is 2.28. The van der Waals surface area contributed by atoms with Gasteiger partial charge in [-0.15, -0.1) is 0 Å². The van der Waals surface area contributed by atoms with Crippen molar-refractivity contribution in [3.63, 3.8) is 0 Å². The number of hydrogen-bond donors (Lipinski definition) is 0. The van der Waals surface area contributed by atoms with Gasteiger partial charge < -0.3 is 0 Å². The van der Waals surface area contributed by atoms with E-state index in [4.69, 9.17) is 4.18 Å². The Morgan fingerprint density at radius 2 is 1.31 bits per heavy atom. The highest BCUT2D eigenvalue weighted by molar-refractivity contribution is 7.86. The number of benzene rings is 2. The molecular formula is C21H27NO3S. The first-order chi connectivity index (χ1) is 12.5. The van der Waals surface area contributed by atoms with Gasteiger partial charge in [0.15, 0.2) is 0 Å². The quantitative estimate of drug-likeness (QED) is 0.689. The molecule has 0 bridgehead atoms. The van der Waals surface area contributed by atoms with Crippen LogP contribution in [0, 0.1) is 0 Å². The summed E-state index contributed by atoms with van der Waals surface area (Å²) in [6.45, 7) is 1.80. The van der Waals surface area contributed by atoms with Crippen LogP contribution in [0.1, 0.15) is 36.8 Å². The molecule has 0 unspecified atom stereocenters. The second-order valence-corrected chi connectivity index (χ2v) is 8.71. The second kappa shape index (κ2) is 8.80. The molecule has 4 nitrogen and oxygen atoms in total. The highest BCUT2D eigenvalue weighted by atomic mass is 32.2. The molecule has 0 aromatic heterocycles. The Morgan fingerprint density at radius 1 is 0.846 bits per heavy atom. The summed E-state index contributed by atoms with van der Waals surface area (Å²) in [6, 6.07) is 21.5. The lowest BCUT2D eigenvalue weighted by atomic mass is 9.91. The highest BCUT2D eigenvalue weighted by Gasteiger charge is 2.28. The third-order valence-corrected chi connectivity index (χ3v) is 5.55. The SMILES string of the molecule is CS(=O)(=O)OC1CCC(N(Cc2ccccc2)Cc2ccccc2)CC1. The molecular weight excluding hydrogens is 346 g/mol. The standard InChI is InChI=1S/C21H27NO3S/c1-26(23,24)25-21-14-12-20(13-15-21)22(16-18-8-4-2-5-9-18)17-19-10-6-3-7-11-19/h2-11,20-21H,12-17H2,1H3. The average molecular weight is 374 g/mol. The van der Waals surface area contributed by atoms with Gasteiger partial charge >= 0.3 is 0 Å². The van der Waals surface area contributed by atoms with Gasteiger partial charge in [-0.2, -0.15) is 8.42 Å². The first-order valence-corrected chi connectivity index (χ1v) is 11.0. The molecule has 0 saturated heterocycles. The first-order valence-electron chi connectivity index (χ1n) is 9.20. The molecule has 0 radical (unpaired) electrons. The molecule has 0 N–H and O–H groups in total. The summed E-state index contributed by atoms with van der Waals surface area (Å²) in [5.74, 6) is 0. The van der Waals surface area contributed by atoms with Crippen molar-refractivity contribution >= 4 is 10.1 Å². The van der Waals surface area contributed by atoms with E-state index in [1.165, 1.54) is 11.1 Å². The smallest absolute Gasteiger partial charge is 0.264 e. The Balaban J connectivity index is 1.67. The van der Waals surface area contributed by atoms with Crippen molar-refractivity contribution in [2.75, 3.05) is 6.26 Å². The van der Waals surface area contributed by atoms with Gasteiger partial charge in [0.2, 0.25) is 0 Å². The van der Waals surface area contributed by atoms with E-state index in [-0.39, 0.29) is 6.10 Å². The van der Waals surface area contributed by atoms with Crippen LogP contribution in [0.2, 0.25) is 0 Å². The van der Waals surface area contributed by atoms with Crippen molar-refractivity contribution in [2.24, 2.45) is 0 Å². The van der Waals surface area contributed by atoms with Crippen LogP contribution in [-0.2, 0) is 27.4 Å². The zero-order valence-electron chi connectivity index (χ0n) is 15.3. The maximum atomic E-state index is 11.4. The van der Waals surface area contributed by atoms with E-state index in [1.54, 1.807) is 0 Å². The van der Waals surface area contributed by atoms with Gasteiger partial charge in [0.25, 0.3) is 10.1 Å². The Bertz CT molecular complexity index is 728. The minimum absolute atomic E-state index is 0.170. The van der Waals surface area contributed by atoms with Gasteiger partial charge in [0.1, 0.15) is 0 Å². The summed E-state index contributed by atoms with van der Waals surface area (Å²) < 4.78 is 27.9. The van der Waals surface area contributed by atoms with E-state index < -0.39 is 10.1 Å². The molecule has 1 aliphatic rings. The van der Waals surface area contributed by atoms with Crippen LogP contribution < -0.4 is 0 Å². The molecule has 2 aromatic rings. The normalized spacial score (nSPS) is 21.0. The topological polar surface area (TPSA) is 46.6 Å². The zero-order valence-corrected chi connectivity index (χ0v) is 16.1.